The maximum Gasteiger partial charge on any atom is 0.322 e. The number of urea groups is 1. The summed E-state index contributed by atoms with van der Waals surface area (Å²) in [7, 11) is 1.61. The van der Waals surface area contributed by atoms with Gasteiger partial charge in [0.25, 0.3) is 0 Å². The summed E-state index contributed by atoms with van der Waals surface area (Å²) in [6.45, 7) is 1.01. The third-order valence-electron chi connectivity index (χ3n) is 1.58. The van der Waals surface area contributed by atoms with Crippen molar-refractivity contribution >= 4 is 22.4 Å². The van der Waals surface area contributed by atoms with Gasteiger partial charge >= 0.3 is 6.03 Å². The van der Waals surface area contributed by atoms with E-state index in [9.17, 15) is 4.79 Å². The van der Waals surface area contributed by atoms with Crippen LogP contribution in [0.25, 0.3) is 0 Å². The molecule has 3 N–H and O–H groups in total. The Morgan fingerprint density at radius 2 is 2.54 bits per heavy atom. The van der Waals surface area contributed by atoms with Crippen molar-refractivity contribution in [2.45, 2.75) is 0 Å². The summed E-state index contributed by atoms with van der Waals surface area (Å²) >= 11 is 1.52. The molecule has 0 aliphatic rings. The molecule has 1 heterocycles. The number of amides is 2. The monoisotopic (exact) mass is 199 g/mol. The van der Waals surface area contributed by atoms with Gasteiger partial charge in [-0.25, -0.2) is 4.79 Å². The second-order valence-electron chi connectivity index (χ2n) is 2.45. The Morgan fingerprint density at radius 1 is 1.77 bits per heavy atom. The minimum Gasteiger partial charge on any atom is -0.341 e. The van der Waals surface area contributed by atoms with E-state index in [1.54, 1.807) is 11.9 Å². The fraction of sp³-hybridized carbons (Fsp3) is 0.375. The number of anilines is 1. The number of carbonyl (C=O) groups excluding carboxylic acids is 1. The van der Waals surface area contributed by atoms with Crippen LogP contribution in [0.1, 0.15) is 0 Å². The second kappa shape index (κ2) is 4.84. The lowest BCUT2D eigenvalue weighted by atomic mass is 10.5. The molecule has 0 radical (unpaired) electrons. The van der Waals surface area contributed by atoms with E-state index in [-0.39, 0.29) is 6.03 Å². The Balaban J connectivity index is 2.74. The largest absolute Gasteiger partial charge is 0.341 e. The minimum absolute atomic E-state index is 0.118. The first-order chi connectivity index (χ1) is 6.29. The first-order valence-corrected chi connectivity index (χ1v) is 4.90. The van der Waals surface area contributed by atoms with E-state index >= 15 is 0 Å². The predicted octanol–water partition coefficient (Wildman–Crippen LogP) is 0.853. The minimum atomic E-state index is -0.118. The van der Waals surface area contributed by atoms with E-state index in [4.69, 9.17) is 5.73 Å². The Kier molecular flexibility index (Phi) is 3.72. The molecule has 0 aliphatic heterocycles. The molecule has 1 rings (SSSR count). The quantitative estimate of drug-likeness (QED) is 0.758. The van der Waals surface area contributed by atoms with Crippen molar-refractivity contribution < 1.29 is 4.79 Å². The van der Waals surface area contributed by atoms with Crippen molar-refractivity contribution in [3.63, 3.8) is 0 Å². The van der Waals surface area contributed by atoms with E-state index in [0.29, 0.717) is 13.1 Å². The van der Waals surface area contributed by atoms with Crippen molar-refractivity contribution in [2.75, 3.05) is 25.0 Å². The molecule has 1 aromatic rings. The number of nitrogens with zero attached hydrogens (tertiary/aromatic N) is 1. The van der Waals surface area contributed by atoms with Gasteiger partial charge < -0.3 is 11.1 Å². The van der Waals surface area contributed by atoms with Gasteiger partial charge in [0.05, 0.1) is 5.00 Å². The molecular formula is C8H13N3OS. The third-order valence-corrected chi connectivity index (χ3v) is 2.48. The SMILES string of the molecule is CNC(=O)N(CCN)c1cccs1. The van der Waals surface area contributed by atoms with Crippen molar-refractivity contribution in [2.24, 2.45) is 5.73 Å². The number of thiophene rings is 1. The summed E-state index contributed by atoms with van der Waals surface area (Å²) in [6, 6.07) is 3.69. The number of nitrogens with two attached hydrogens (primary N) is 1. The van der Waals surface area contributed by atoms with Gasteiger partial charge in [-0.1, -0.05) is 0 Å². The van der Waals surface area contributed by atoms with Gasteiger partial charge in [0, 0.05) is 20.1 Å². The van der Waals surface area contributed by atoms with E-state index < -0.39 is 0 Å². The molecule has 0 aliphatic carbocycles. The first-order valence-electron chi connectivity index (χ1n) is 4.02. The average molecular weight is 199 g/mol. The van der Waals surface area contributed by atoms with Crippen LogP contribution < -0.4 is 16.0 Å². The molecule has 72 valence electrons. The zero-order chi connectivity index (χ0) is 9.68. The van der Waals surface area contributed by atoms with Gasteiger partial charge in [-0.15, -0.1) is 11.3 Å². The van der Waals surface area contributed by atoms with Gasteiger partial charge in [0.15, 0.2) is 0 Å². The Morgan fingerprint density at radius 3 is 3.00 bits per heavy atom. The van der Waals surface area contributed by atoms with Crippen LogP contribution in [0.2, 0.25) is 0 Å². The van der Waals surface area contributed by atoms with Crippen LogP contribution >= 0.6 is 11.3 Å². The molecule has 0 saturated carbocycles. The molecule has 2 amide bonds. The number of nitrogens with one attached hydrogen (secondary N) is 1. The lowest BCUT2D eigenvalue weighted by molar-refractivity contribution is 0.248. The molecule has 13 heavy (non-hydrogen) atoms. The summed E-state index contributed by atoms with van der Waals surface area (Å²) in [5, 5.41) is 5.43. The van der Waals surface area contributed by atoms with E-state index in [0.717, 1.165) is 5.00 Å². The standard InChI is InChI=1S/C8H13N3OS/c1-10-8(12)11(5-4-9)7-3-2-6-13-7/h2-3,6H,4-5,9H2,1H3,(H,10,12). The van der Waals surface area contributed by atoms with Crippen LogP contribution in [0.3, 0.4) is 0 Å². The molecule has 0 atom stereocenters. The lowest BCUT2D eigenvalue weighted by Crippen LogP contribution is -2.40. The Bertz CT molecular complexity index is 260. The molecule has 0 fully saturated rings. The predicted molar refractivity (Wildman–Crippen MR) is 55.2 cm³/mol. The molecule has 1 aromatic heterocycles. The number of carbonyl (C=O) groups is 1. The number of hydrogen-bond donors (Lipinski definition) is 2. The average Bonchev–Trinajstić information content (AvgIpc) is 2.65. The summed E-state index contributed by atoms with van der Waals surface area (Å²) < 4.78 is 0. The van der Waals surface area contributed by atoms with Gasteiger partial charge in [0.2, 0.25) is 0 Å². The fourth-order valence-corrected chi connectivity index (χ4v) is 1.75. The van der Waals surface area contributed by atoms with Gasteiger partial charge in [-0.3, -0.25) is 4.90 Å². The van der Waals surface area contributed by atoms with Crippen molar-refractivity contribution in [3.8, 4) is 0 Å². The van der Waals surface area contributed by atoms with E-state index in [1.165, 1.54) is 11.3 Å². The third kappa shape index (κ3) is 2.43. The first kappa shape index (κ1) is 10.0. The van der Waals surface area contributed by atoms with E-state index in [2.05, 4.69) is 5.32 Å². The second-order valence-corrected chi connectivity index (χ2v) is 3.37. The van der Waals surface area contributed by atoms with Crippen LogP contribution in [-0.4, -0.2) is 26.2 Å². The molecule has 0 spiro atoms. The van der Waals surface area contributed by atoms with Crippen LogP contribution in [0, 0.1) is 0 Å². The van der Waals surface area contributed by atoms with Gasteiger partial charge in [0.1, 0.15) is 0 Å². The summed E-state index contributed by atoms with van der Waals surface area (Å²) in [6.07, 6.45) is 0. The molecule has 0 bridgehead atoms. The highest BCUT2D eigenvalue weighted by atomic mass is 32.1. The summed E-state index contributed by atoms with van der Waals surface area (Å²) in [4.78, 5) is 13.0. The highest BCUT2D eigenvalue weighted by Crippen LogP contribution is 2.20. The molecule has 0 aromatic carbocycles. The van der Waals surface area contributed by atoms with Gasteiger partial charge in [-0.2, -0.15) is 0 Å². The Hall–Kier alpha value is -1.07. The van der Waals surface area contributed by atoms with Crippen LogP contribution in [0.4, 0.5) is 9.80 Å². The molecule has 0 unspecified atom stereocenters. The van der Waals surface area contributed by atoms with Crippen LogP contribution in [0.15, 0.2) is 17.5 Å². The maximum atomic E-state index is 11.4. The van der Waals surface area contributed by atoms with Crippen molar-refractivity contribution in [1.82, 2.24) is 5.32 Å². The highest BCUT2D eigenvalue weighted by molar-refractivity contribution is 7.14. The number of rotatable bonds is 3. The molecule has 4 nitrogen and oxygen atoms in total. The zero-order valence-electron chi connectivity index (χ0n) is 7.49. The summed E-state index contributed by atoms with van der Waals surface area (Å²) in [5.41, 5.74) is 5.41. The van der Waals surface area contributed by atoms with Crippen LogP contribution in [-0.2, 0) is 0 Å². The Labute approximate surface area is 81.3 Å². The summed E-state index contributed by atoms with van der Waals surface area (Å²) in [5.74, 6) is 0. The topological polar surface area (TPSA) is 58.4 Å². The zero-order valence-corrected chi connectivity index (χ0v) is 8.30. The number of hydrogen-bond acceptors (Lipinski definition) is 3. The van der Waals surface area contributed by atoms with Crippen LogP contribution in [0.5, 0.6) is 0 Å². The fourth-order valence-electron chi connectivity index (χ4n) is 0.999. The van der Waals surface area contributed by atoms with Gasteiger partial charge in [-0.05, 0) is 17.5 Å². The van der Waals surface area contributed by atoms with Crippen molar-refractivity contribution in [3.05, 3.63) is 17.5 Å². The van der Waals surface area contributed by atoms with E-state index in [1.807, 2.05) is 17.5 Å². The van der Waals surface area contributed by atoms with Crippen molar-refractivity contribution in [1.29, 1.82) is 0 Å². The molecule has 0 saturated heterocycles. The highest BCUT2D eigenvalue weighted by Gasteiger charge is 2.13. The lowest BCUT2D eigenvalue weighted by Gasteiger charge is -2.19. The smallest absolute Gasteiger partial charge is 0.322 e. The molecular weight excluding hydrogens is 186 g/mol. The normalized spacial score (nSPS) is 9.69. The maximum absolute atomic E-state index is 11.4. The molecule has 5 heteroatoms.